The highest BCUT2D eigenvalue weighted by Gasteiger charge is 2.11. The molecule has 0 aliphatic carbocycles. The van der Waals surface area contributed by atoms with E-state index in [1.807, 2.05) is 6.07 Å². The van der Waals surface area contributed by atoms with Gasteiger partial charge in [0.25, 0.3) is 5.69 Å². The summed E-state index contributed by atoms with van der Waals surface area (Å²) in [5.74, 6) is -0.411. The van der Waals surface area contributed by atoms with Crippen LogP contribution in [-0.4, -0.2) is 17.5 Å². The average Bonchev–Trinajstić information content (AvgIpc) is 2.53. The van der Waals surface area contributed by atoms with Crippen LogP contribution >= 0.6 is 0 Å². The molecular weight excluding hydrogens is 288 g/mol. The van der Waals surface area contributed by atoms with Crippen molar-refractivity contribution >= 4 is 11.7 Å². The van der Waals surface area contributed by atoms with Gasteiger partial charge in [0.05, 0.1) is 16.6 Å². The van der Waals surface area contributed by atoms with E-state index in [1.165, 1.54) is 18.2 Å². The molecule has 0 aliphatic heterocycles. The molecule has 7 nitrogen and oxygen atoms in total. The van der Waals surface area contributed by atoms with Crippen molar-refractivity contribution in [3.8, 4) is 17.6 Å². The molecule has 0 bridgehead atoms. The first-order valence-corrected chi connectivity index (χ1v) is 6.17. The number of non-ortho nitro benzene ring substituents is 1. The SMILES string of the molecule is N#Cc1ccccc1OCC(=O)Oc1cccc([N+](=O)[O-])c1. The van der Waals surface area contributed by atoms with Gasteiger partial charge in [0, 0.05) is 6.07 Å². The third-order valence-electron chi connectivity index (χ3n) is 2.61. The normalized spacial score (nSPS) is 9.59. The van der Waals surface area contributed by atoms with Crippen molar-refractivity contribution in [2.24, 2.45) is 0 Å². The maximum absolute atomic E-state index is 11.7. The molecule has 110 valence electrons. The number of para-hydroxylation sites is 1. The summed E-state index contributed by atoms with van der Waals surface area (Å²) in [5.41, 5.74) is 0.117. The molecule has 0 saturated heterocycles. The van der Waals surface area contributed by atoms with Crippen LogP contribution < -0.4 is 9.47 Å². The standard InChI is InChI=1S/C15H10N2O5/c16-9-11-4-1-2-7-14(11)21-10-15(18)22-13-6-3-5-12(8-13)17(19)20/h1-8H,10H2. The quantitative estimate of drug-likeness (QED) is 0.363. The molecule has 0 fully saturated rings. The van der Waals surface area contributed by atoms with Crippen LogP contribution in [-0.2, 0) is 4.79 Å². The largest absolute Gasteiger partial charge is 0.481 e. The van der Waals surface area contributed by atoms with E-state index in [0.717, 1.165) is 6.07 Å². The van der Waals surface area contributed by atoms with Crippen molar-refractivity contribution in [1.82, 2.24) is 0 Å². The first kappa shape index (κ1) is 15.0. The highest BCUT2D eigenvalue weighted by molar-refractivity contribution is 5.74. The molecule has 0 aliphatic rings. The van der Waals surface area contributed by atoms with Crippen molar-refractivity contribution in [3.63, 3.8) is 0 Å². The summed E-state index contributed by atoms with van der Waals surface area (Å²) in [4.78, 5) is 21.7. The Hall–Kier alpha value is -3.40. The zero-order valence-corrected chi connectivity index (χ0v) is 11.3. The van der Waals surface area contributed by atoms with E-state index in [2.05, 4.69) is 0 Å². The van der Waals surface area contributed by atoms with E-state index >= 15 is 0 Å². The number of carbonyl (C=O) groups is 1. The van der Waals surface area contributed by atoms with Crippen LogP contribution in [0, 0.1) is 21.4 Å². The zero-order valence-electron chi connectivity index (χ0n) is 11.3. The molecule has 0 N–H and O–H groups in total. The lowest BCUT2D eigenvalue weighted by Crippen LogP contribution is -2.18. The Morgan fingerprint density at radius 1 is 1.23 bits per heavy atom. The van der Waals surface area contributed by atoms with Crippen LogP contribution in [0.15, 0.2) is 48.5 Å². The number of hydrogen-bond acceptors (Lipinski definition) is 6. The molecule has 0 amide bonds. The summed E-state index contributed by atoms with van der Waals surface area (Å²) in [6, 6.07) is 13.7. The Morgan fingerprint density at radius 3 is 2.73 bits per heavy atom. The summed E-state index contributed by atoms with van der Waals surface area (Å²) < 4.78 is 10.2. The lowest BCUT2D eigenvalue weighted by atomic mass is 10.2. The molecular formula is C15H10N2O5. The minimum atomic E-state index is -0.728. The summed E-state index contributed by atoms with van der Waals surface area (Å²) in [6.07, 6.45) is 0. The van der Waals surface area contributed by atoms with Gasteiger partial charge in [-0.05, 0) is 18.2 Å². The number of nitriles is 1. The fraction of sp³-hybridized carbons (Fsp3) is 0.0667. The number of ether oxygens (including phenoxy) is 2. The minimum absolute atomic E-state index is 0.0522. The topological polar surface area (TPSA) is 102 Å². The predicted molar refractivity (Wildman–Crippen MR) is 75.4 cm³/mol. The smallest absolute Gasteiger partial charge is 0.349 e. The van der Waals surface area contributed by atoms with Gasteiger partial charge in [-0.1, -0.05) is 18.2 Å². The number of nitrogens with zero attached hydrogens (tertiary/aromatic N) is 2. The molecule has 22 heavy (non-hydrogen) atoms. The predicted octanol–water partition coefficient (Wildman–Crippen LogP) is 2.45. The van der Waals surface area contributed by atoms with Crippen LogP contribution in [0.4, 0.5) is 5.69 Å². The highest BCUT2D eigenvalue weighted by Crippen LogP contribution is 2.20. The average molecular weight is 298 g/mol. The van der Waals surface area contributed by atoms with Crippen LogP contribution in [0.1, 0.15) is 5.56 Å². The number of hydrogen-bond donors (Lipinski definition) is 0. The molecule has 0 atom stereocenters. The van der Waals surface area contributed by atoms with Gasteiger partial charge in [-0.15, -0.1) is 0 Å². The molecule has 0 heterocycles. The van der Waals surface area contributed by atoms with E-state index in [0.29, 0.717) is 5.56 Å². The monoisotopic (exact) mass is 298 g/mol. The first-order valence-electron chi connectivity index (χ1n) is 6.17. The zero-order chi connectivity index (χ0) is 15.9. The summed E-state index contributed by atoms with van der Waals surface area (Å²) >= 11 is 0. The lowest BCUT2D eigenvalue weighted by molar-refractivity contribution is -0.384. The van der Waals surface area contributed by atoms with E-state index in [9.17, 15) is 14.9 Å². The van der Waals surface area contributed by atoms with Crippen molar-refractivity contribution < 1.29 is 19.2 Å². The van der Waals surface area contributed by atoms with Gasteiger partial charge in [0.2, 0.25) is 0 Å². The van der Waals surface area contributed by atoms with Gasteiger partial charge in [-0.3, -0.25) is 10.1 Å². The van der Waals surface area contributed by atoms with Crippen LogP contribution in [0.3, 0.4) is 0 Å². The van der Waals surface area contributed by atoms with E-state index in [4.69, 9.17) is 14.7 Å². The van der Waals surface area contributed by atoms with E-state index in [-0.39, 0.29) is 17.2 Å². The van der Waals surface area contributed by atoms with Gasteiger partial charge in [0.15, 0.2) is 6.61 Å². The number of carbonyl (C=O) groups excluding carboxylic acids is 1. The van der Waals surface area contributed by atoms with Crippen molar-refractivity contribution in [3.05, 3.63) is 64.2 Å². The fourth-order valence-corrected chi connectivity index (χ4v) is 1.64. The third-order valence-corrected chi connectivity index (χ3v) is 2.61. The van der Waals surface area contributed by atoms with Gasteiger partial charge < -0.3 is 9.47 Å². The number of nitro groups is 1. The Morgan fingerprint density at radius 2 is 2.00 bits per heavy atom. The molecule has 2 rings (SSSR count). The Balaban J connectivity index is 1.98. The molecule has 0 unspecified atom stereocenters. The van der Waals surface area contributed by atoms with Crippen molar-refractivity contribution in [1.29, 1.82) is 5.26 Å². The molecule has 7 heteroatoms. The summed E-state index contributed by atoms with van der Waals surface area (Å²) in [7, 11) is 0. The maximum Gasteiger partial charge on any atom is 0.349 e. The Kier molecular flexibility index (Phi) is 4.67. The van der Waals surface area contributed by atoms with Gasteiger partial charge in [-0.2, -0.15) is 5.26 Å². The molecule has 0 aromatic heterocycles. The highest BCUT2D eigenvalue weighted by atomic mass is 16.6. The van der Waals surface area contributed by atoms with Crippen molar-refractivity contribution in [2.45, 2.75) is 0 Å². The number of benzene rings is 2. The Bertz CT molecular complexity index is 752. The van der Waals surface area contributed by atoms with Gasteiger partial charge in [-0.25, -0.2) is 4.79 Å². The second-order valence-corrected chi connectivity index (χ2v) is 4.13. The van der Waals surface area contributed by atoms with Crippen LogP contribution in [0.5, 0.6) is 11.5 Å². The van der Waals surface area contributed by atoms with E-state index in [1.54, 1.807) is 24.3 Å². The molecule has 0 radical (unpaired) electrons. The van der Waals surface area contributed by atoms with E-state index < -0.39 is 17.5 Å². The number of esters is 1. The minimum Gasteiger partial charge on any atom is -0.481 e. The molecule has 0 spiro atoms. The second kappa shape index (κ2) is 6.85. The maximum atomic E-state index is 11.7. The molecule has 2 aromatic carbocycles. The molecule has 0 saturated carbocycles. The number of nitro benzene ring substituents is 1. The van der Waals surface area contributed by atoms with Gasteiger partial charge >= 0.3 is 5.97 Å². The molecule has 2 aromatic rings. The Labute approximate surface area is 125 Å². The lowest BCUT2D eigenvalue weighted by Gasteiger charge is -2.07. The van der Waals surface area contributed by atoms with Crippen LogP contribution in [0.2, 0.25) is 0 Å². The van der Waals surface area contributed by atoms with Crippen molar-refractivity contribution in [2.75, 3.05) is 6.61 Å². The third kappa shape index (κ3) is 3.80. The summed E-state index contributed by atoms with van der Waals surface area (Å²) in [6.45, 7) is -0.415. The fourth-order valence-electron chi connectivity index (χ4n) is 1.64. The first-order chi connectivity index (χ1) is 10.6. The number of rotatable bonds is 5. The second-order valence-electron chi connectivity index (χ2n) is 4.13. The summed E-state index contributed by atoms with van der Waals surface area (Å²) in [5, 5.41) is 19.5. The van der Waals surface area contributed by atoms with Gasteiger partial charge in [0.1, 0.15) is 17.6 Å². The van der Waals surface area contributed by atoms with Crippen LogP contribution in [0.25, 0.3) is 0 Å².